The van der Waals surface area contributed by atoms with Crippen molar-refractivity contribution in [3.05, 3.63) is 82.0 Å². The molecular weight excluding hydrogens is 755 g/mol. The van der Waals surface area contributed by atoms with Gasteiger partial charge < -0.3 is 37.5 Å². The van der Waals surface area contributed by atoms with E-state index in [4.69, 9.17) is 42.7 Å². The van der Waals surface area contributed by atoms with Gasteiger partial charge in [0.2, 0.25) is 0 Å². The molecule has 1 aliphatic carbocycles. The summed E-state index contributed by atoms with van der Waals surface area (Å²) in [4.78, 5) is 50.8. The minimum Gasteiger partial charge on any atom is -0.493 e. The maximum atomic E-state index is 12.7. The highest BCUT2D eigenvalue weighted by atomic mass is 31.2. The fourth-order valence-electron chi connectivity index (χ4n) is 5.84. The minimum atomic E-state index is -1.56. The minimum absolute atomic E-state index is 0.0379. The first-order valence-corrected chi connectivity index (χ1v) is 20.3. The maximum Gasteiger partial charge on any atom is 0.338 e. The molecule has 0 heterocycles. The van der Waals surface area contributed by atoms with Crippen LogP contribution in [0.3, 0.4) is 0 Å². The molecule has 0 aliphatic heterocycles. The first-order chi connectivity index (χ1) is 27.3. The Labute approximate surface area is 336 Å². The Morgan fingerprint density at radius 2 is 1.26 bits per heavy atom. The van der Waals surface area contributed by atoms with Crippen LogP contribution in [0.4, 0.5) is 0 Å². The number of hydrogen-bond donors (Lipinski definition) is 0. The molecule has 0 aromatic heterocycles. The lowest BCUT2D eigenvalue weighted by atomic mass is 9.90. The van der Waals surface area contributed by atoms with E-state index < -0.39 is 32.4 Å². The van der Waals surface area contributed by atoms with Gasteiger partial charge in [0, 0.05) is 29.6 Å². The Morgan fingerprint density at radius 1 is 0.719 bits per heavy atom. The predicted molar refractivity (Wildman–Crippen MR) is 212 cm³/mol. The van der Waals surface area contributed by atoms with Gasteiger partial charge in [0.05, 0.1) is 75.4 Å². The summed E-state index contributed by atoms with van der Waals surface area (Å²) in [7, 11) is -1.56. The summed E-state index contributed by atoms with van der Waals surface area (Å²) in [6.07, 6.45) is 3.71. The van der Waals surface area contributed by atoms with Crippen LogP contribution in [0.2, 0.25) is 0 Å². The van der Waals surface area contributed by atoms with Crippen molar-refractivity contribution in [1.82, 2.24) is 4.67 Å². The Hall–Kier alpha value is -4.80. The number of hydrogen-bond acceptors (Lipinski definition) is 14. The number of ether oxygens (including phenoxy) is 6. The van der Waals surface area contributed by atoms with Crippen molar-refractivity contribution in [1.29, 1.82) is 5.26 Å². The molecule has 0 bridgehead atoms. The van der Waals surface area contributed by atoms with Crippen molar-refractivity contribution in [2.45, 2.75) is 93.5 Å². The van der Waals surface area contributed by atoms with Gasteiger partial charge in [-0.3, -0.25) is 0 Å². The zero-order valence-electron chi connectivity index (χ0n) is 34.2. The normalized spacial score (nSPS) is 14.3. The van der Waals surface area contributed by atoms with Gasteiger partial charge in [-0.15, -0.1) is 0 Å². The SMILES string of the molecule is CCOC(=O)C1=CC(COc2cc(COP(OCCC#N)N(C(C)C)C(C)C)cc(OCc3cc(C(=O)OCC)cc(C(=O)OCC)c3)c2)CC(C(=O)OCC)=C1. The van der Waals surface area contributed by atoms with Crippen LogP contribution in [0.15, 0.2) is 59.7 Å². The van der Waals surface area contributed by atoms with Crippen molar-refractivity contribution in [3.63, 3.8) is 0 Å². The van der Waals surface area contributed by atoms with Crippen LogP contribution in [0.25, 0.3) is 0 Å². The number of benzene rings is 2. The van der Waals surface area contributed by atoms with E-state index in [9.17, 15) is 19.2 Å². The molecular formula is C42H55N2O12P. The van der Waals surface area contributed by atoms with Crippen molar-refractivity contribution in [2.24, 2.45) is 5.92 Å². The van der Waals surface area contributed by atoms with Crippen molar-refractivity contribution >= 4 is 32.4 Å². The molecule has 0 saturated heterocycles. The Balaban J connectivity index is 1.98. The van der Waals surface area contributed by atoms with E-state index in [0.717, 1.165) is 0 Å². The molecule has 0 N–H and O–H groups in total. The zero-order chi connectivity index (χ0) is 41.9. The van der Waals surface area contributed by atoms with Gasteiger partial charge in [-0.2, -0.15) is 5.26 Å². The first kappa shape index (κ1) is 46.6. The van der Waals surface area contributed by atoms with E-state index in [1.165, 1.54) is 12.1 Å². The van der Waals surface area contributed by atoms with Crippen LogP contribution in [0, 0.1) is 17.2 Å². The van der Waals surface area contributed by atoms with E-state index in [1.807, 2.05) is 27.7 Å². The number of nitriles is 1. The summed E-state index contributed by atoms with van der Waals surface area (Å²) in [5.41, 5.74) is 2.12. The van der Waals surface area contributed by atoms with Crippen LogP contribution in [-0.2, 0) is 50.8 Å². The number of carbonyl (C=O) groups excluding carboxylic acids is 4. The predicted octanol–water partition coefficient (Wildman–Crippen LogP) is 7.79. The Morgan fingerprint density at radius 3 is 1.82 bits per heavy atom. The fourth-order valence-corrected chi connectivity index (χ4v) is 7.44. The van der Waals surface area contributed by atoms with E-state index >= 15 is 0 Å². The molecule has 2 unspecified atom stereocenters. The molecule has 1 aliphatic rings. The lowest BCUT2D eigenvalue weighted by Crippen LogP contribution is -2.33. The molecule has 2 aromatic rings. The first-order valence-electron chi connectivity index (χ1n) is 19.2. The second-order valence-electron chi connectivity index (χ2n) is 13.3. The van der Waals surface area contributed by atoms with E-state index in [2.05, 4.69) is 10.7 Å². The summed E-state index contributed by atoms with van der Waals surface area (Å²) < 4.78 is 48.0. The van der Waals surface area contributed by atoms with Crippen molar-refractivity contribution < 1.29 is 56.6 Å². The summed E-state index contributed by atoms with van der Waals surface area (Å²) in [6.45, 7) is 16.0. The highest BCUT2D eigenvalue weighted by Crippen LogP contribution is 2.47. The summed E-state index contributed by atoms with van der Waals surface area (Å²) in [5.74, 6) is -1.82. The molecule has 0 radical (unpaired) electrons. The second-order valence-corrected chi connectivity index (χ2v) is 14.7. The molecule has 310 valence electrons. The highest BCUT2D eigenvalue weighted by Gasteiger charge is 2.28. The van der Waals surface area contributed by atoms with Crippen LogP contribution >= 0.6 is 8.53 Å². The molecule has 15 heteroatoms. The molecule has 2 aromatic carbocycles. The largest absolute Gasteiger partial charge is 0.493 e. The summed E-state index contributed by atoms with van der Waals surface area (Å²) in [5, 5.41) is 9.14. The van der Waals surface area contributed by atoms with Crippen LogP contribution in [0.5, 0.6) is 11.5 Å². The lowest BCUT2D eigenvalue weighted by Gasteiger charge is -2.35. The number of nitrogens with zero attached hydrogens (tertiary/aromatic N) is 2. The molecule has 57 heavy (non-hydrogen) atoms. The summed E-state index contributed by atoms with van der Waals surface area (Å²) in [6, 6.07) is 12.2. The monoisotopic (exact) mass is 810 g/mol. The maximum absolute atomic E-state index is 12.7. The standard InChI is InChI=1S/C42H55N2O12P/c1-9-49-39(45)33-16-30(17-34(22-33)40(46)50-10-2)25-53-37-20-32(27-56-57(55-15-13-14-43)44(28(5)6)29(7)8)21-38(24-37)54-26-31-18-35(41(47)51-11-3)23-36(19-31)42(48)52-12-4/h16-18,20-24,28-29,31H,9-13,15,19,25-27H2,1-8H3. The zero-order valence-corrected chi connectivity index (χ0v) is 35.1. The number of carbonyl (C=O) groups is 4. The topological polar surface area (TPSA) is 169 Å². The van der Waals surface area contributed by atoms with E-state index in [1.54, 1.807) is 64.1 Å². The lowest BCUT2D eigenvalue weighted by molar-refractivity contribution is -0.138. The van der Waals surface area contributed by atoms with Gasteiger partial charge in [0.1, 0.15) is 18.1 Å². The quantitative estimate of drug-likeness (QED) is 0.0461. The van der Waals surface area contributed by atoms with Gasteiger partial charge in [-0.25, -0.2) is 23.8 Å². The van der Waals surface area contributed by atoms with Crippen LogP contribution in [0.1, 0.15) is 100 Å². The van der Waals surface area contributed by atoms with E-state index in [-0.39, 0.29) is 100 Å². The third-order valence-corrected chi connectivity index (χ3v) is 10.2. The third-order valence-electron chi connectivity index (χ3n) is 8.10. The molecule has 0 fully saturated rings. The van der Waals surface area contributed by atoms with Gasteiger partial charge in [-0.1, -0.05) is 6.08 Å². The number of esters is 4. The highest BCUT2D eigenvalue weighted by molar-refractivity contribution is 7.44. The van der Waals surface area contributed by atoms with Gasteiger partial charge >= 0.3 is 23.9 Å². The number of rotatable bonds is 23. The van der Waals surface area contributed by atoms with E-state index in [0.29, 0.717) is 28.2 Å². The average molecular weight is 811 g/mol. The van der Waals surface area contributed by atoms with Crippen molar-refractivity contribution in [3.8, 4) is 17.6 Å². The van der Waals surface area contributed by atoms with Gasteiger partial charge in [0.25, 0.3) is 8.53 Å². The van der Waals surface area contributed by atoms with Gasteiger partial charge in [0.15, 0.2) is 0 Å². The second kappa shape index (κ2) is 24.1. The Bertz CT molecular complexity index is 1740. The molecule has 0 saturated carbocycles. The smallest absolute Gasteiger partial charge is 0.338 e. The van der Waals surface area contributed by atoms with Crippen LogP contribution in [-0.4, -0.2) is 80.3 Å². The molecule has 2 atom stereocenters. The molecule has 0 amide bonds. The average Bonchev–Trinajstić information content (AvgIpc) is 3.18. The van der Waals surface area contributed by atoms with Crippen LogP contribution < -0.4 is 9.47 Å². The molecule has 3 rings (SSSR count). The van der Waals surface area contributed by atoms with Gasteiger partial charge in [-0.05, 0) is 109 Å². The van der Waals surface area contributed by atoms with Crippen molar-refractivity contribution in [2.75, 3.05) is 39.6 Å². The third kappa shape index (κ3) is 14.9. The Kier molecular flexibility index (Phi) is 19.7. The molecule has 14 nitrogen and oxygen atoms in total. The fraction of sp³-hybridized carbons (Fsp3) is 0.500. The summed E-state index contributed by atoms with van der Waals surface area (Å²) >= 11 is 0. The molecule has 0 spiro atoms.